The van der Waals surface area contributed by atoms with Gasteiger partial charge in [-0.15, -0.1) is 0 Å². The third-order valence-corrected chi connectivity index (χ3v) is 3.34. The molecule has 1 aliphatic rings. The number of anilines is 1. The second kappa shape index (κ2) is 5.82. The van der Waals surface area contributed by atoms with Crippen molar-refractivity contribution >= 4 is 11.4 Å². The lowest BCUT2D eigenvalue weighted by atomic mass is 10.2. The van der Waals surface area contributed by atoms with Crippen LogP contribution in [0.15, 0.2) is 24.3 Å². The molecule has 1 aliphatic heterocycles. The van der Waals surface area contributed by atoms with E-state index < -0.39 is 0 Å². The van der Waals surface area contributed by atoms with Gasteiger partial charge in [0.2, 0.25) is 0 Å². The van der Waals surface area contributed by atoms with Crippen LogP contribution in [0.5, 0.6) is 0 Å². The fraction of sp³-hybridized carbons (Fsp3) is 0.538. The monoisotopic (exact) mass is 249 g/mol. The summed E-state index contributed by atoms with van der Waals surface area (Å²) < 4.78 is 0. The molecule has 1 fully saturated rings. The molecule has 1 aromatic rings. The highest BCUT2D eigenvalue weighted by Crippen LogP contribution is 2.20. The minimum atomic E-state index is -0.358. The number of piperazine rings is 1. The summed E-state index contributed by atoms with van der Waals surface area (Å²) in [7, 11) is 0. The van der Waals surface area contributed by atoms with E-state index in [4.69, 9.17) is 0 Å². The first kappa shape index (κ1) is 12.8. The lowest BCUT2D eigenvalue weighted by Gasteiger charge is -2.35. The second-order valence-corrected chi connectivity index (χ2v) is 4.60. The van der Waals surface area contributed by atoms with Crippen molar-refractivity contribution in [2.24, 2.45) is 0 Å². The predicted octanol–water partition coefficient (Wildman–Crippen LogP) is 2.13. The molecule has 0 N–H and O–H groups in total. The molecule has 18 heavy (non-hydrogen) atoms. The van der Waals surface area contributed by atoms with Gasteiger partial charge in [0.15, 0.2) is 0 Å². The smallest absolute Gasteiger partial charge is 0.269 e. The topological polar surface area (TPSA) is 49.6 Å². The Kier molecular flexibility index (Phi) is 4.15. The molecule has 0 bridgehead atoms. The maximum Gasteiger partial charge on any atom is 0.269 e. The number of hydrogen-bond donors (Lipinski definition) is 0. The summed E-state index contributed by atoms with van der Waals surface area (Å²) >= 11 is 0. The summed E-state index contributed by atoms with van der Waals surface area (Å²) in [4.78, 5) is 15.0. The van der Waals surface area contributed by atoms with Crippen LogP contribution in [0.25, 0.3) is 0 Å². The lowest BCUT2D eigenvalue weighted by Crippen LogP contribution is -2.46. The van der Waals surface area contributed by atoms with Gasteiger partial charge >= 0.3 is 0 Å². The zero-order valence-electron chi connectivity index (χ0n) is 10.7. The summed E-state index contributed by atoms with van der Waals surface area (Å²) in [6, 6.07) is 6.84. The van der Waals surface area contributed by atoms with Gasteiger partial charge in [0, 0.05) is 44.0 Å². The van der Waals surface area contributed by atoms with Crippen molar-refractivity contribution in [2.75, 3.05) is 37.6 Å². The van der Waals surface area contributed by atoms with Crippen LogP contribution in [0.1, 0.15) is 13.3 Å². The predicted molar refractivity (Wildman–Crippen MR) is 72.0 cm³/mol. The average Bonchev–Trinajstić information content (AvgIpc) is 2.40. The Hall–Kier alpha value is -1.62. The molecule has 0 unspecified atom stereocenters. The SMILES string of the molecule is CCCN1CCN(c2ccc([N+](=O)[O-])cc2)CC1. The highest BCUT2D eigenvalue weighted by atomic mass is 16.6. The zero-order valence-corrected chi connectivity index (χ0v) is 10.7. The molecule has 5 nitrogen and oxygen atoms in total. The van der Waals surface area contributed by atoms with E-state index in [1.165, 1.54) is 6.42 Å². The highest BCUT2D eigenvalue weighted by molar-refractivity contribution is 5.51. The van der Waals surface area contributed by atoms with E-state index in [0.717, 1.165) is 38.4 Å². The van der Waals surface area contributed by atoms with Crippen molar-refractivity contribution in [3.8, 4) is 0 Å². The first-order valence-electron chi connectivity index (χ1n) is 6.42. The molecular formula is C13H19N3O2. The number of rotatable bonds is 4. The standard InChI is InChI=1S/C13H19N3O2/c1-2-7-14-8-10-15(11-9-14)12-3-5-13(6-4-12)16(17)18/h3-6H,2,7-11H2,1H3. The summed E-state index contributed by atoms with van der Waals surface area (Å²) in [5.74, 6) is 0. The Labute approximate surface area is 107 Å². The minimum absolute atomic E-state index is 0.156. The molecule has 0 aromatic heterocycles. The molecule has 98 valence electrons. The number of nitro groups is 1. The van der Waals surface area contributed by atoms with E-state index in [2.05, 4.69) is 16.7 Å². The van der Waals surface area contributed by atoms with Gasteiger partial charge in [-0.1, -0.05) is 6.92 Å². The molecule has 1 saturated heterocycles. The van der Waals surface area contributed by atoms with Crippen LogP contribution in [0.3, 0.4) is 0 Å². The summed E-state index contributed by atoms with van der Waals surface area (Å²) in [5.41, 5.74) is 1.24. The molecule has 0 saturated carbocycles. The van der Waals surface area contributed by atoms with Gasteiger partial charge in [-0.05, 0) is 25.1 Å². The van der Waals surface area contributed by atoms with Gasteiger partial charge in [0.05, 0.1) is 4.92 Å². The second-order valence-electron chi connectivity index (χ2n) is 4.60. The van der Waals surface area contributed by atoms with E-state index >= 15 is 0 Å². The van der Waals surface area contributed by atoms with E-state index in [1.54, 1.807) is 12.1 Å². The molecule has 1 aromatic carbocycles. The van der Waals surface area contributed by atoms with E-state index in [1.807, 2.05) is 12.1 Å². The van der Waals surface area contributed by atoms with Crippen molar-refractivity contribution in [1.82, 2.24) is 4.90 Å². The molecule has 0 spiro atoms. The molecule has 2 rings (SSSR count). The molecule has 0 atom stereocenters. The van der Waals surface area contributed by atoms with Crippen molar-refractivity contribution < 1.29 is 4.92 Å². The van der Waals surface area contributed by atoms with Gasteiger partial charge in [-0.3, -0.25) is 15.0 Å². The van der Waals surface area contributed by atoms with Crippen LogP contribution in [0, 0.1) is 10.1 Å². The van der Waals surface area contributed by atoms with Crippen molar-refractivity contribution in [2.45, 2.75) is 13.3 Å². The quantitative estimate of drug-likeness (QED) is 0.606. The summed E-state index contributed by atoms with van der Waals surface area (Å²) in [5, 5.41) is 10.6. The van der Waals surface area contributed by atoms with E-state index in [-0.39, 0.29) is 10.6 Å². The number of nitrogens with zero attached hydrogens (tertiary/aromatic N) is 3. The molecule has 0 aliphatic carbocycles. The van der Waals surface area contributed by atoms with E-state index in [9.17, 15) is 10.1 Å². The highest BCUT2D eigenvalue weighted by Gasteiger charge is 2.16. The number of non-ortho nitro benzene ring substituents is 1. The van der Waals surface area contributed by atoms with Crippen LogP contribution in [-0.2, 0) is 0 Å². The molecule has 5 heteroatoms. The first-order valence-corrected chi connectivity index (χ1v) is 6.42. The van der Waals surface area contributed by atoms with Gasteiger partial charge in [-0.25, -0.2) is 0 Å². The third-order valence-electron chi connectivity index (χ3n) is 3.34. The molecule has 1 heterocycles. The average molecular weight is 249 g/mol. The van der Waals surface area contributed by atoms with Crippen LogP contribution in [-0.4, -0.2) is 42.5 Å². The minimum Gasteiger partial charge on any atom is -0.369 e. The number of benzene rings is 1. The maximum absolute atomic E-state index is 10.6. The van der Waals surface area contributed by atoms with Crippen LogP contribution < -0.4 is 4.90 Å². The van der Waals surface area contributed by atoms with Crippen LogP contribution in [0.4, 0.5) is 11.4 Å². The largest absolute Gasteiger partial charge is 0.369 e. The third kappa shape index (κ3) is 2.98. The van der Waals surface area contributed by atoms with Gasteiger partial charge in [0.1, 0.15) is 0 Å². The van der Waals surface area contributed by atoms with Crippen molar-refractivity contribution in [3.05, 3.63) is 34.4 Å². The molecule has 0 radical (unpaired) electrons. The molecular weight excluding hydrogens is 230 g/mol. The summed E-state index contributed by atoms with van der Waals surface area (Å²) in [6.45, 7) is 7.50. The van der Waals surface area contributed by atoms with Gasteiger partial charge in [-0.2, -0.15) is 0 Å². The van der Waals surface area contributed by atoms with Gasteiger partial charge < -0.3 is 4.90 Å². The maximum atomic E-state index is 10.6. The normalized spacial score (nSPS) is 16.8. The fourth-order valence-corrected chi connectivity index (χ4v) is 2.33. The number of nitro benzene ring substituents is 1. The fourth-order valence-electron chi connectivity index (χ4n) is 2.33. The first-order chi connectivity index (χ1) is 8.70. The summed E-state index contributed by atoms with van der Waals surface area (Å²) in [6.07, 6.45) is 1.19. The Morgan fingerprint density at radius 1 is 1.17 bits per heavy atom. The zero-order chi connectivity index (χ0) is 13.0. The Bertz CT molecular complexity index is 397. The molecule has 0 amide bonds. The van der Waals surface area contributed by atoms with Crippen molar-refractivity contribution in [1.29, 1.82) is 0 Å². The van der Waals surface area contributed by atoms with Gasteiger partial charge in [0.25, 0.3) is 5.69 Å². The Morgan fingerprint density at radius 2 is 1.78 bits per heavy atom. The Morgan fingerprint density at radius 3 is 2.28 bits per heavy atom. The Balaban J connectivity index is 1.95. The van der Waals surface area contributed by atoms with E-state index in [0.29, 0.717) is 0 Å². The van der Waals surface area contributed by atoms with Crippen LogP contribution >= 0.6 is 0 Å². The van der Waals surface area contributed by atoms with Crippen LogP contribution in [0.2, 0.25) is 0 Å². The lowest BCUT2D eigenvalue weighted by molar-refractivity contribution is -0.384. The van der Waals surface area contributed by atoms with Crippen molar-refractivity contribution in [3.63, 3.8) is 0 Å². The number of hydrogen-bond acceptors (Lipinski definition) is 4.